The van der Waals surface area contributed by atoms with Gasteiger partial charge in [0.1, 0.15) is 0 Å². The quantitative estimate of drug-likeness (QED) is 0.706. The molecule has 0 aromatic carbocycles. The van der Waals surface area contributed by atoms with Gasteiger partial charge in [0.2, 0.25) is 5.91 Å². The summed E-state index contributed by atoms with van der Waals surface area (Å²) in [6.07, 6.45) is 6.37. The van der Waals surface area contributed by atoms with E-state index >= 15 is 0 Å². The first kappa shape index (κ1) is 12.4. The average Bonchev–Trinajstić information content (AvgIpc) is 3.23. The molecule has 0 aromatic rings. The zero-order chi connectivity index (χ0) is 12.4. The summed E-state index contributed by atoms with van der Waals surface area (Å²) in [5.41, 5.74) is 0. The van der Waals surface area contributed by atoms with Gasteiger partial charge in [-0.15, -0.1) is 0 Å². The Bertz CT molecular complexity index is 298. The Balaban J connectivity index is 1.51. The standard InChI is InChI=1S/C14H24N2O2/c17-14(16-7-2-1-3-8-16)12-5-4-6-15(9-12)10-13-11-18-13/h12-13H,1-11H2/t12-,13-/m0/s1. The number of nitrogens with zero attached hydrogens (tertiary/aromatic N) is 2. The number of hydrogen-bond donors (Lipinski definition) is 0. The van der Waals surface area contributed by atoms with Crippen molar-refractivity contribution in [2.24, 2.45) is 5.92 Å². The highest BCUT2D eigenvalue weighted by molar-refractivity contribution is 5.79. The Kier molecular flexibility index (Phi) is 3.85. The van der Waals surface area contributed by atoms with Crippen LogP contribution in [-0.2, 0) is 9.53 Å². The molecule has 4 nitrogen and oxygen atoms in total. The van der Waals surface area contributed by atoms with Crippen molar-refractivity contribution in [3.63, 3.8) is 0 Å². The van der Waals surface area contributed by atoms with Crippen molar-refractivity contribution < 1.29 is 9.53 Å². The molecule has 3 aliphatic rings. The summed E-state index contributed by atoms with van der Waals surface area (Å²) >= 11 is 0. The Morgan fingerprint density at radius 3 is 2.61 bits per heavy atom. The molecule has 3 aliphatic heterocycles. The molecule has 0 saturated carbocycles. The fourth-order valence-electron chi connectivity index (χ4n) is 3.26. The van der Waals surface area contributed by atoms with E-state index in [1.54, 1.807) is 0 Å². The van der Waals surface area contributed by atoms with Crippen molar-refractivity contribution in [1.29, 1.82) is 0 Å². The van der Waals surface area contributed by atoms with Crippen LogP contribution in [0.5, 0.6) is 0 Å². The largest absolute Gasteiger partial charge is 0.372 e. The molecule has 2 atom stereocenters. The van der Waals surface area contributed by atoms with E-state index in [4.69, 9.17) is 4.74 Å². The molecule has 3 saturated heterocycles. The van der Waals surface area contributed by atoms with Gasteiger partial charge >= 0.3 is 0 Å². The van der Waals surface area contributed by atoms with Gasteiger partial charge in [-0.05, 0) is 38.6 Å². The van der Waals surface area contributed by atoms with Crippen molar-refractivity contribution in [3.8, 4) is 0 Å². The summed E-state index contributed by atoms with van der Waals surface area (Å²) in [6.45, 7) is 6.02. The number of likely N-dealkylation sites (tertiary alicyclic amines) is 2. The molecular formula is C14H24N2O2. The highest BCUT2D eigenvalue weighted by atomic mass is 16.6. The predicted octanol–water partition coefficient (Wildman–Crippen LogP) is 1.11. The second-order valence-corrected chi connectivity index (χ2v) is 5.94. The Morgan fingerprint density at radius 1 is 1.11 bits per heavy atom. The van der Waals surface area contributed by atoms with E-state index in [9.17, 15) is 4.79 Å². The van der Waals surface area contributed by atoms with Crippen LogP contribution >= 0.6 is 0 Å². The maximum absolute atomic E-state index is 12.5. The molecule has 0 N–H and O–H groups in total. The summed E-state index contributed by atoms with van der Waals surface area (Å²) < 4.78 is 5.29. The normalized spacial score (nSPS) is 33.4. The summed E-state index contributed by atoms with van der Waals surface area (Å²) in [5.74, 6) is 0.659. The van der Waals surface area contributed by atoms with Crippen molar-refractivity contribution in [3.05, 3.63) is 0 Å². The third-order valence-corrected chi connectivity index (χ3v) is 4.39. The average molecular weight is 252 g/mol. The van der Waals surface area contributed by atoms with Gasteiger partial charge in [0.05, 0.1) is 18.6 Å². The van der Waals surface area contributed by atoms with Crippen LogP contribution in [-0.4, -0.2) is 61.1 Å². The minimum Gasteiger partial charge on any atom is -0.372 e. The van der Waals surface area contributed by atoms with E-state index in [2.05, 4.69) is 9.80 Å². The minimum atomic E-state index is 0.246. The molecule has 3 heterocycles. The summed E-state index contributed by atoms with van der Waals surface area (Å²) in [4.78, 5) is 17.0. The summed E-state index contributed by atoms with van der Waals surface area (Å²) in [5, 5.41) is 0. The summed E-state index contributed by atoms with van der Waals surface area (Å²) in [7, 11) is 0. The third kappa shape index (κ3) is 3.04. The fourth-order valence-corrected chi connectivity index (χ4v) is 3.26. The lowest BCUT2D eigenvalue weighted by atomic mass is 9.95. The van der Waals surface area contributed by atoms with Crippen LogP contribution in [0.15, 0.2) is 0 Å². The van der Waals surface area contributed by atoms with Crippen LogP contribution in [0.2, 0.25) is 0 Å². The molecule has 3 fully saturated rings. The Labute approximate surface area is 109 Å². The lowest BCUT2D eigenvalue weighted by Crippen LogP contribution is -2.47. The third-order valence-electron chi connectivity index (χ3n) is 4.39. The van der Waals surface area contributed by atoms with Crippen LogP contribution in [0.3, 0.4) is 0 Å². The zero-order valence-electron chi connectivity index (χ0n) is 11.1. The van der Waals surface area contributed by atoms with Crippen molar-refractivity contribution >= 4 is 5.91 Å². The second kappa shape index (κ2) is 5.57. The molecule has 0 unspecified atom stereocenters. The Morgan fingerprint density at radius 2 is 1.89 bits per heavy atom. The minimum absolute atomic E-state index is 0.246. The molecule has 0 spiro atoms. The number of hydrogen-bond acceptors (Lipinski definition) is 3. The highest BCUT2D eigenvalue weighted by Gasteiger charge is 2.32. The molecule has 0 aromatic heterocycles. The SMILES string of the molecule is O=C([C@H]1CCCN(C[C@H]2CO2)C1)N1CCCCC1. The van der Waals surface area contributed by atoms with E-state index < -0.39 is 0 Å². The van der Waals surface area contributed by atoms with Gasteiger partial charge in [0, 0.05) is 26.2 Å². The number of piperidine rings is 2. The number of amides is 1. The molecule has 18 heavy (non-hydrogen) atoms. The van der Waals surface area contributed by atoms with Gasteiger partial charge in [-0.25, -0.2) is 0 Å². The molecule has 3 rings (SSSR count). The van der Waals surface area contributed by atoms with Crippen LogP contribution in [0.1, 0.15) is 32.1 Å². The highest BCUT2D eigenvalue weighted by Crippen LogP contribution is 2.22. The van der Waals surface area contributed by atoms with Gasteiger partial charge in [0.15, 0.2) is 0 Å². The van der Waals surface area contributed by atoms with E-state index in [1.165, 1.54) is 19.3 Å². The predicted molar refractivity (Wildman–Crippen MR) is 69.3 cm³/mol. The maximum atomic E-state index is 12.5. The first-order chi connectivity index (χ1) is 8.83. The van der Waals surface area contributed by atoms with Crippen LogP contribution < -0.4 is 0 Å². The molecule has 0 bridgehead atoms. The van der Waals surface area contributed by atoms with Gasteiger partial charge in [-0.2, -0.15) is 0 Å². The topological polar surface area (TPSA) is 36.1 Å². The number of epoxide rings is 1. The van der Waals surface area contributed by atoms with Crippen molar-refractivity contribution in [2.75, 3.05) is 39.3 Å². The molecule has 1 amide bonds. The Hall–Kier alpha value is -0.610. The zero-order valence-corrected chi connectivity index (χ0v) is 11.1. The second-order valence-electron chi connectivity index (χ2n) is 5.94. The van der Waals surface area contributed by atoms with Crippen LogP contribution in [0, 0.1) is 5.92 Å². The molecule has 0 aliphatic carbocycles. The molecular weight excluding hydrogens is 228 g/mol. The molecule has 0 radical (unpaired) electrons. The first-order valence-electron chi connectivity index (χ1n) is 7.45. The van der Waals surface area contributed by atoms with E-state index in [1.807, 2.05) is 0 Å². The van der Waals surface area contributed by atoms with E-state index in [0.29, 0.717) is 12.0 Å². The van der Waals surface area contributed by atoms with Gasteiger partial charge in [-0.1, -0.05) is 0 Å². The smallest absolute Gasteiger partial charge is 0.226 e. The first-order valence-corrected chi connectivity index (χ1v) is 7.45. The lowest BCUT2D eigenvalue weighted by molar-refractivity contribution is -0.138. The van der Waals surface area contributed by atoms with E-state index in [0.717, 1.165) is 52.2 Å². The van der Waals surface area contributed by atoms with Gasteiger partial charge in [-0.3, -0.25) is 9.69 Å². The van der Waals surface area contributed by atoms with Crippen molar-refractivity contribution in [2.45, 2.75) is 38.2 Å². The van der Waals surface area contributed by atoms with Crippen LogP contribution in [0.4, 0.5) is 0 Å². The molecule has 4 heteroatoms. The van der Waals surface area contributed by atoms with Gasteiger partial charge in [0.25, 0.3) is 0 Å². The fraction of sp³-hybridized carbons (Fsp3) is 0.929. The maximum Gasteiger partial charge on any atom is 0.226 e. The molecule has 102 valence electrons. The number of rotatable bonds is 3. The summed E-state index contributed by atoms with van der Waals surface area (Å²) in [6, 6.07) is 0. The van der Waals surface area contributed by atoms with Gasteiger partial charge < -0.3 is 9.64 Å². The number of ether oxygens (including phenoxy) is 1. The van der Waals surface area contributed by atoms with Crippen molar-refractivity contribution in [1.82, 2.24) is 9.80 Å². The van der Waals surface area contributed by atoms with E-state index in [-0.39, 0.29) is 5.92 Å². The number of carbonyl (C=O) groups is 1. The number of carbonyl (C=O) groups excluding carboxylic acids is 1. The monoisotopic (exact) mass is 252 g/mol. The van der Waals surface area contributed by atoms with Crippen LogP contribution in [0.25, 0.3) is 0 Å². The lowest BCUT2D eigenvalue weighted by Gasteiger charge is -2.36.